The van der Waals surface area contributed by atoms with Gasteiger partial charge in [-0.25, -0.2) is 9.07 Å². The molecular weight excluding hydrogens is 715 g/mol. The van der Waals surface area contributed by atoms with Crippen molar-refractivity contribution in [1.29, 1.82) is 0 Å². The van der Waals surface area contributed by atoms with E-state index in [2.05, 4.69) is 41.0 Å². The van der Waals surface area contributed by atoms with E-state index in [0.29, 0.717) is 5.69 Å². The van der Waals surface area contributed by atoms with Gasteiger partial charge in [0, 0.05) is 47.3 Å². The molecule has 1 atom stereocenters. The molecule has 0 radical (unpaired) electrons. The zero-order valence-electron chi connectivity index (χ0n) is 22.3. The maximum atomic E-state index is 14.6. The van der Waals surface area contributed by atoms with Crippen molar-refractivity contribution in [3.8, 4) is 5.75 Å². The molecule has 234 valence electrons. The van der Waals surface area contributed by atoms with Crippen molar-refractivity contribution in [2.24, 2.45) is 0 Å². The van der Waals surface area contributed by atoms with E-state index in [1.165, 1.54) is 46.0 Å². The number of alkyl halides is 7. The molecule has 0 aliphatic heterocycles. The van der Waals surface area contributed by atoms with Crippen LogP contribution in [-0.2, 0) is 34.8 Å². The fourth-order valence-corrected chi connectivity index (χ4v) is 4.03. The molecule has 0 aliphatic carbocycles. The predicted molar refractivity (Wildman–Crippen MR) is 148 cm³/mol. The average molecular weight is 737 g/mol. The van der Waals surface area contributed by atoms with Crippen LogP contribution < -0.4 is 15.4 Å². The molecule has 0 bridgehead atoms. The number of halogens is 7. The van der Waals surface area contributed by atoms with Crippen molar-refractivity contribution >= 4 is 40.2 Å². The van der Waals surface area contributed by atoms with Crippen LogP contribution in [0.2, 0.25) is 0 Å². The molecule has 2 amide bonds. The van der Waals surface area contributed by atoms with Crippen LogP contribution >= 0.6 is 22.6 Å². The zero-order valence-corrected chi connectivity index (χ0v) is 24.5. The Morgan fingerprint density at radius 3 is 2.50 bits per heavy atom. The normalized spacial score (nSPS) is 12.5. The molecule has 19 heteroatoms. The van der Waals surface area contributed by atoms with Gasteiger partial charge in [-0.15, -0.1) is 23.4 Å². The number of carbonyl (C=O) groups is 2. The number of hydrogen-bond donors (Lipinski definition) is 2. The molecule has 12 nitrogen and oxygen atoms in total. The number of amides is 2. The largest absolute Gasteiger partial charge is 0.573 e. The van der Waals surface area contributed by atoms with Crippen LogP contribution in [0.5, 0.6) is 5.75 Å². The van der Waals surface area contributed by atoms with E-state index in [4.69, 9.17) is 0 Å². The van der Waals surface area contributed by atoms with Crippen LogP contribution in [0, 0.1) is 0 Å². The molecule has 2 N–H and O–H groups in total. The van der Waals surface area contributed by atoms with Crippen LogP contribution in [0.1, 0.15) is 33.7 Å². The number of nitrogens with one attached hydrogen (secondary N) is 2. The summed E-state index contributed by atoms with van der Waals surface area (Å²) in [6.07, 6.45) is -2.93. The fourth-order valence-electron chi connectivity index (χ4n) is 3.71. The highest BCUT2D eigenvalue weighted by Crippen LogP contribution is 2.34. The summed E-state index contributed by atoms with van der Waals surface area (Å²) in [5, 5.41) is 20.0. The maximum absolute atomic E-state index is 14.6. The molecule has 0 aliphatic rings. The SMILES string of the molecule is O=C(Cc1cccc(OC(F)(F)F)c1)Nc1cn(CC(F)CCn2cc(C(=O)NCc3ccc(C(F)(F)I)cn3)nn2)nn1. The first-order valence-corrected chi connectivity index (χ1v) is 13.7. The lowest BCUT2D eigenvalue weighted by Crippen LogP contribution is -2.23. The molecule has 3 aromatic heterocycles. The first kappa shape index (κ1) is 32.6. The van der Waals surface area contributed by atoms with Crippen LogP contribution in [0.15, 0.2) is 55.0 Å². The zero-order chi connectivity index (χ0) is 31.9. The molecule has 1 unspecified atom stereocenters. The second kappa shape index (κ2) is 14.0. The van der Waals surface area contributed by atoms with E-state index in [1.807, 2.05) is 0 Å². The summed E-state index contributed by atoms with van der Waals surface area (Å²) >= 11 is 0.992. The van der Waals surface area contributed by atoms with Crippen LogP contribution in [0.3, 0.4) is 0 Å². The van der Waals surface area contributed by atoms with Crippen LogP contribution in [0.25, 0.3) is 0 Å². The van der Waals surface area contributed by atoms with E-state index < -0.39 is 34.0 Å². The smallest absolute Gasteiger partial charge is 0.406 e. The number of aryl methyl sites for hydroxylation is 1. The highest BCUT2D eigenvalue weighted by molar-refractivity contribution is 14.1. The van der Waals surface area contributed by atoms with Gasteiger partial charge < -0.3 is 15.4 Å². The Bertz CT molecular complexity index is 1570. The lowest BCUT2D eigenvalue weighted by molar-refractivity contribution is -0.274. The van der Waals surface area contributed by atoms with E-state index in [9.17, 15) is 35.9 Å². The van der Waals surface area contributed by atoms with E-state index in [-0.39, 0.29) is 55.1 Å². The summed E-state index contributed by atoms with van der Waals surface area (Å²) in [5.74, 6) is -1.61. The Kier molecular flexibility index (Phi) is 10.4. The Labute approximate surface area is 258 Å². The average Bonchev–Trinajstić information content (AvgIpc) is 3.59. The number of rotatable bonds is 13. The van der Waals surface area contributed by atoms with Gasteiger partial charge in [-0.3, -0.25) is 19.3 Å². The number of benzene rings is 1. The highest BCUT2D eigenvalue weighted by Gasteiger charge is 2.31. The number of carbonyl (C=O) groups excluding carboxylic acids is 2. The molecule has 3 heterocycles. The number of aromatic nitrogens is 7. The van der Waals surface area contributed by atoms with Crippen LogP contribution in [-0.4, -0.2) is 59.3 Å². The van der Waals surface area contributed by atoms with Crippen molar-refractivity contribution in [2.45, 2.75) is 48.9 Å². The van der Waals surface area contributed by atoms with Gasteiger partial charge >= 0.3 is 10.3 Å². The highest BCUT2D eigenvalue weighted by atomic mass is 127. The predicted octanol–water partition coefficient (Wildman–Crippen LogP) is 4.19. The van der Waals surface area contributed by atoms with Crippen molar-refractivity contribution in [3.05, 3.63) is 77.5 Å². The lowest BCUT2D eigenvalue weighted by atomic mass is 10.1. The van der Waals surface area contributed by atoms with Gasteiger partial charge in [-0.2, -0.15) is 8.78 Å². The number of hydrogen-bond acceptors (Lipinski definition) is 8. The minimum Gasteiger partial charge on any atom is -0.406 e. The van der Waals surface area contributed by atoms with E-state index >= 15 is 0 Å². The molecule has 44 heavy (non-hydrogen) atoms. The molecule has 1 aromatic carbocycles. The molecule has 0 fully saturated rings. The molecule has 4 rings (SSSR count). The van der Waals surface area contributed by atoms with Gasteiger partial charge in [0.15, 0.2) is 11.5 Å². The van der Waals surface area contributed by atoms with Crippen molar-refractivity contribution in [2.75, 3.05) is 5.32 Å². The van der Waals surface area contributed by atoms with Gasteiger partial charge in [0.25, 0.3) is 5.91 Å². The molecule has 0 saturated heterocycles. The Morgan fingerprint density at radius 1 is 1.02 bits per heavy atom. The summed E-state index contributed by atoms with van der Waals surface area (Å²) in [6, 6.07) is 7.54. The Morgan fingerprint density at radius 2 is 1.80 bits per heavy atom. The van der Waals surface area contributed by atoms with Gasteiger partial charge in [0.05, 0.1) is 37.6 Å². The molecule has 4 aromatic rings. The minimum atomic E-state index is -4.86. The monoisotopic (exact) mass is 737 g/mol. The third-order valence-electron chi connectivity index (χ3n) is 5.71. The summed E-state index contributed by atoms with van der Waals surface area (Å²) in [4.78, 5) is 28.5. The fraction of sp³-hybridized carbons (Fsp3) is 0.320. The third-order valence-corrected chi connectivity index (χ3v) is 6.34. The first-order valence-electron chi connectivity index (χ1n) is 12.6. The summed E-state index contributed by atoms with van der Waals surface area (Å²) in [6.45, 7) is -0.169. The first-order chi connectivity index (χ1) is 20.7. The molecule has 0 saturated carbocycles. The topological polar surface area (TPSA) is 142 Å². The second-order valence-electron chi connectivity index (χ2n) is 9.22. The van der Waals surface area contributed by atoms with E-state index in [0.717, 1.165) is 40.9 Å². The minimum absolute atomic E-state index is 0.0194. The van der Waals surface area contributed by atoms with Crippen LogP contribution in [0.4, 0.5) is 32.2 Å². The number of nitrogens with zero attached hydrogens (tertiary/aromatic N) is 7. The van der Waals surface area contributed by atoms with Gasteiger partial charge in [0.2, 0.25) is 5.91 Å². The standard InChI is InChI=1S/C25H22F6IN9O3/c26-17(6-7-40-13-20(36-38-40)23(43)34-11-18-5-4-16(10-33-18)24(27,28)32)12-41-14-21(37-39-41)35-22(42)9-15-2-1-3-19(8-15)44-25(29,30)31/h1-5,8,10,13-14,17H,6-7,9,11-12H2,(H,34,43)(H,35,42). The lowest BCUT2D eigenvalue weighted by Gasteiger charge is -2.09. The van der Waals surface area contributed by atoms with Crippen molar-refractivity contribution in [3.63, 3.8) is 0 Å². The Balaban J connectivity index is 1.19. The van der Waals surface area contributed by atoms with Crippen molar-refractivity contribution < 1.29 is 40.7 Å². The van der Waals surface area contributed by atoms with Gasteiger partial charge in [-0.1, -0.05) is 22.6 Å². The summed E-state index contributed by atoms with van der Waals surface area (Å²) in [7, 11) is 0. The molecular formula is C25H22F6IN9O3. The van der Waals surface area contributed by atoms with Crippen molar-refractivity contribution in [1.82, 2.24) is 40.3 Å². The van der Waals surface area contributed by atoms with Gasteiger partial charge in [-0.05, 0) is 29.8 Å². The molecule has 0 spiro atoms. The Hall–Kier alpha value is -4.30. The number of anilines is 1. The summed E-state index contributed by atoms with van der Waals surface area (Å²) < 4.78 is 81.6. The second-order valence-corrected chi connectivity index (χ2v) is 10.6. The summed E-state index contributed by atoms with van der Waals surface area (Å²) in [5.41, 5.74) is 0.324. The third kappa shape index (κ3) is 10.2. The quantitative estimate of drug-likeness (QED) is 0.118. The van der Waals surface area contributed by atoms with E-state index in [1.54, 1.807) is 0 Å². The van der Waals surface area contributed by atoms with Gasteiger partial charge in [0.1, 0.15) is 11.9 Å². The number of ether oxygens (including phenoxy) is 1. The number of pyridine rings is 1. The maximum Gasteiger partial charge on any atom is 0.573 e.